The summed E-state index contributed by atoms with van der Waals surface area (Å²) in [5.74, 6) is 0. The van der Waals surface area contributed by atoms with Crippen LogP contribution in [-0.4, -0.2) is 37.9 Å². The van der Waals surface area contributed by atoms with Crippen molar-refractivity contribution < 1.29 is 4.84 Å². The summed E-state index contributed by atoms with van der Waals surface area (Å²) in [6, 6.07) is 0. The van der Waals surface area contributed by atoms with Crippen LogP contribution in [0.2, 0.25) is 0 Å². The molecule has 0 aliphatic carbocycles. The monoisotopic (exact) mass is 158 g/mol. The van der Waals surface area contributed by atoms with Crippen LogP contribution < -0.4 is 0 Å². The Bertz CT molecular complexity index is 117. The molecule has 0 N–H and O–H groups in total. The molecule has 0 aliphatic heterocycles. The maximum Gasteiger partial charge on any atom is 0.118 e. The van der Waals surface area contributed by atoms with E-state index in [0.29, 0.717) is 6.61 Å². The first-order chi connectivity index (χ1) is 5.13. The van der Waals surface area contributed by atoms with E-state index in [-0.39, 0.29) is 0 Å². The minimum absolute atomic E-state index is 0.712. The highest BCUT2D eigenvalue weighted by molar-refractivity contribution is 5.78. The molecule has 66 valence electrons. The normalized spacial score (nSPS) is 9.91. The van der Waals surface area contributed by atoms with Gasteiger partial charge in [-0.2, -0.15) is 0 Å². The van der Waals surface area contributed by atoms with E-state index in [2.05, 4.69) is 10.1 Å². The molecule has 0 fully saturated rings. The van der Waals surface area contributed by atoms with Crippen LogP contribution in [-0.2, 0) is 4.84 Å². The zero-order chi connectivity index (χ0) is 8.69. The van der Waals surface area contributed by atoms with Crippen LogP contribution >= 0.6 is 0 Å². The Morgan fingerprint density at radius 3 is 2.45 bits per heavy atom. The molecule has 0 aromatic rings. The Hall–Kier alpha value is -0.570. The average molecular weight is 158 g/mol. The van der Waals surface area contributed by atoms with Gasteiger partial charge in [0.1, 0.15) is 6.61 Å². The number of rotatable bonds is 5. The second kappa shape index (κ2) is 6.16. The lowest BCUT2D eigenvalue weighted by Gasteiger charge is -2.07. The van der Waals surface area contributed by atoms with Crippen molar-refractivity contribution in [2.75, 3.05) is 27.2 Å². The van der Waals surface area contributed by atoms with E-state index in [1.54, 1.807) is 0 Å². The Balaban J connectivity index is 3.09. The summed E-state index contributed by atoms with van der Waals surface area (Å²) in [5, 5.41) is 3.82. The molecule has 0 aromatic carbocycles. The molecule has 0 bridgehead atoms. The van der Waals surface area contributed by atoms with Crippen molar-refractivity contribution in [3.05, 3.63) is 0 Å². The first kappa shape index (κ1) is 10.4. The van der Waals surface area contributed by atoms with Crippen molar-refractivity contribution in [1.29, 1.82) is 0 Å². The van der Waals surface area contributed by atoms with Gasteiger partial charge < -0.3 is 9.74 Å². The second-order valence-corrected chi connectivity index (χ2v) is 3.03. The molecule has 0 aliphatic rings. The van der Waals surface area contributed by atoms with Gasteiger partial charge >= 0.3 is 0 Å². The fourth-order valence-corrected chi connectivity index (χ4v) is 0.620. The minimum Gasteiger partial charge on any atom is -0.396 e. The summed E-state index contributed by atoms with van der Waals surface area (Å²) in [5.41, 5.74) is 0.967. The van der Waals surface area contributed by atoms with E-state index in [1.807, 2.05) is 27.9 Å². The quantitative estimate of drug-likeness (QED) is 0.343. The molecule has 0 heterocycles. The lowest BCUT2D eigenvalue weighted by molar-refractivity contribution is 0.135. The predicted molar refractivity (Wildman–Crippen MR) is 47.9 cm³/mol. The molecule has 0 radical (unpaired) electrons. The van der Waals surface area contributed by atoms with Gasteiger partial charge in [-0.1, -0.05) is 5.16 Å². The molecule has 3 heteroatoms. The van der Waals surface area contributed by atoms with Crippen molar-refractivity contribution in [2.24, 2.45) is 5.16 Å². The van der Waals surface area contributed by atoms with E-state index in [0.717, 1.165) is 18.7 Å². The number of hydrogen-bond donors (Lipinski definition) is 0. The fourth-order valence-electron chi connectivity index (χ4n) is 0.620. The van der Waals surface area contributed by atoms with Crippen LogP contribution in [0.4, 0.5) is 0 Å². The third kappa shape index (κ3) is 9.43. The van der Waals surface area contributed by atoms with Crippen molar-refractivity contribution in [3.63, 3.8) is 0 Å². The second-order valence-electron chi connectivity index (χ2n) is 3.03. The van der Waals surface area contributed by atoms with Crippen molar-refractivity contribution in [1.82, 2.24) is 4.90 Å². The molecule has 0 spiro atoms. The van der Waals surface area contributed by atoms with Gasteiger partial charge in [-0.05, 0) is 34.4 Å². The molecule has 0 amide bonds. The van der Waals surface area contributed by atoms with Gasteiger partial charge in [-0.15, -0.1) is 0 Å². The lowest BCUT2D eigenvalue weighted by atomic mass is 10.4. The van der Waals surface area contributed by atoms with Gasteiger partial charge in [-0.3, -0.25) is 0 Å². The number of oxime groups is 1. The molecule has 0 saturated carbocycles. The summed E-state index contributed by atoms with van der Waals surface area (Å²) >= 11 is 0. The minimum atomic E-state index is 0.712. The van der Waals surface area contributed by atoms with E-state index >= 15 is 0 Å². The van der Waals surface area contributed by atoms with Crippen LogP contribution in [0.25, 0.3) is 0 Å². The van der Waals surface area contributed by atoms with Crippen molar-refractivity contribution in [3.8, 4) is 0 Å². The van der Waals surface area contributed by atoms with Gasteiger partial charge in [0, 0.05) is 6.54 Å². The summed E-state index contributed by atoms with van der Waals surface area (Å²) in [6.45, 7) is 5.61. The van der Waals surface area contributed by atoms with E-state index in [4.69, 9.17) is 4.84 Å². The van der Waals surface area contributed by atoms with Crippen LogP contribution in [0.1, 0.15) is 20.3 Å². The maximum atomic E-state index is 5.01. The third-order valence-corrected chi connectivity index (χ3v) is 1.09. The Morgan fingerprint density at radius 2 is 2.00 bits per heavy atom. The maximum absolute atomic E-state index is 5.01. The summed E-state index contributed by atoms with van der Waals surface area (Å²) < 4.78 is 0. The van der Waals surface area contributed by atoms with Gasteiger partial charge in [0.2, 0.25) is 0 Å². The lowest BCUT2D eigenvalue weighted by Crippen LogP contribution is -2.14. The summed E-state index contributed by atoms with van der Waals surface area (Å²) in [4.78, 5) is 7.14. The van der Waals surface area contributed by atoms with Gasteiger partial charge in [0.25, 0.3) is 0 Å². The van der Waals surface area contributed by atoms with Gasteiger partial charge in [0.05, 0.1) is 5.71 Å². The molecule has 0 aromatic heterocycles. The van der Waals surface area contributed by atoms with E-state index in [1.165, 1.54) is 0 Å². The molecule has 0 rings (SSSR count). The highest BCUT2D eigenvalue weighted by Gasteiger charge is 1.89. The zero-order valence-corrected chi connectivity index (χ0v) is 7.92. The largest absolute Gasteiger partial charge is 0.396 e. The smallest absolute Gasteiger partial charge is 0.118 e. The molecule has 3 nitrogen and oxygen atoms in total. The highest BCUT2D eigenvalue weighted by Crippen LogP contribution is 1.86. The van der Waals surface area contributed by atoms with Gasteiger partial charge in [0.15, 0.2) is 0 Å². The Morgan fingerprint density at radius 1 is 1.36 bits per heavy atom. The van der Waals surface area contributed by atoms with E-state index < -0.39 is 0 Å². The topological polar surface area (TPSA) is 24.8 Å². The first-order valence-corrected chi connectivity index (χ1v) is 3.91. The highest BCUT2D eigenvalue weighted by atomic mass is 16.6. The summed E-state index contributed by atoms with van der Waals surface area (Å²) in [6.07, 6.45) is 1.03. The standard InChI is InChI=1S/C8H18N2O/c1-8(2)9-11-7-5-6-10(3)4/h5-7H2,1-4H3. The first-order valence-electron chi connectivity index (χ1n) is 3.91. The number of hydrogen-bond acceptors (Lipinski definition) is 3. The van der Waals surface area contributed by atoms with E-state index in [9.17, 15) is 0 Å². The molecule has 0 saturated heterocycles. The average Bonchev–Trinajstić information content (AvgIpc) is 1.85. The van der Waals surface area contributed by atoms with Gasteiger partial charge in [-0.25, -0.2) is 0 Å². The van der Waals surface area contributed by atoms with Crippen LogP contribution in [0, 0.1) is 0 Å². The zero-order valence-electron chi connectivity index (χ0n) is 7.92. The van der Waals surface area contributed by atoms with Crippen molar-refractivity contribution >= 4 is 5.71 Å². The SMILES string of the molecule is CC(C)=NOCCCN(C)C. The Kier molecular flexibility index (Phi) is 5.84. The molecule has 0 atom stereocenters. The Labute approximate surface area is 69.0 Å². The molecule has 11 heavy (non-hydrogen) atoms. The number of nitrogens with zero attached hydrogens (tertiary/aromatic N) is 2. The summed E-state index contributed by atoms with van der Waals surface area (Å²) in [7, 11) is 4.10. The fraction of sp³-hybridized carbons (Fsp3) is 0.875. The van der Waals surface area contributed by atoms with Crippen LogP contribution in [0.15, 0.2) is 5.16 Å². The molecular weight excluding hydrogens is 140 g/mol. The van der Waals surface area contributed by atoms with Crippen molar-refractivity contribution in [2.45, 2.75) is 20.3 Å². The molecular formula is C8H18N2O. The third-order valence-electron chi connectivity index (χ3n) is 1.09. The van der Waals surface area contributed by atoms with Crippen LogP contribution in [0.3, 0.4) is 0 Å². The predicted octanol–water partition coefficient (Wildman–Crippen LogP) is 1.35. The molecule has 0 unspecified atom stereocenters. The van der Waals surface area contributed by atoms with Crippen LogP contribution in [0.5, 0.6) is 0 Å².